The summed E-state index contributed by atoms with van der Waals surface area (Å²) < 4.78 is 14.8. The zero-order valence-corrected chi connectivity index (χ0v) is 19.4. The molecule has 0 aliphatic heterocycles. The fourth-order valence-corrected chi connectivity index (χ4v) is 3.68. The second kappa shape index (κ2) is 9.82. The summed E-state index contributed by atoms with van der Waals surface area (Å²) in [6.45, 7) is 3.48. The van der Waals surface area contributed by atoms with Gasteiger partial charge in [0.05, 0.1) is 11.8 Å². The number of rotatable bonds is 7. The third kappa shape index (κ3) is 5.14. The van der Waals surface area contributed by atoms with E-state index in [-0.39, 0.29) is 47.5 Å². The number of aromatic carboxylic acids is 1. The molecule has 0 spiro atoms. The van der Waals surface area contributed by atoms with Crippen LogP contribution < -0.4 is 10.6 Å². The maximum absolute atomic E-state index is 13.5. The van der Waals surface area contributed by atoms with Gasteiger partial charge in [-0.25, -0.2) is 14.2 Å². The SMILES string of the molecule is Cc1cc(CNC(=O)c2cc(C(=O)NCc3ccc(C(=O)O)c(C)c3)nc3nc(O)cn23)ccc1F. The van der Waals surface area contributed by atoms with Crippen LogP contribution in [0.25, 0.3) is 5.78 Å². The smallest absolute Gasteiger partial charge is 0.335 e. The number of hydrogen-bond acceptors (Lipinski definition) is 6. The summed E-state index contributed by atoms with van der Waals surface area (Å²) in [6.07, 6.45) is 1.20. The molecule has 36 heavy (non-hydrogen) atoms. The molecular formula is C25H22FN5O5. The largest absolute Gasteiger partial charge is 0.492 e. The van der Waals surface area contributed by atoms with Gasteiger partial charge in [0.15, 0.2) is 0 Å². The summed E-state index contributed by atoms with van der Waals surface area (Å²) in [5.74, 6) is -2.97. The van der Waals surface area contributed by atoms with E-state index < -0.39 is 17.8 Å². The molecule has 4 rings (SSSR count). The van der Waals surface area contributed by atoms with Crippen LogP contribution in [0.15, 0.2) is 48.7 Å². The molecule has 0 saturated heterocycles. The molecule has 0 fully saturated rings. The molecule has 184 valence electrons. The number of carbonyl (C=O) groups excluding carboxylic acids is 2. The maximum Gasteiger partial charge on any atom is 0.335 e. The molecule has 2 amide bonds. The van der Waals surface area contributed by atoms with Crippen LogP contribution in [0.3, 0.4) is 0 Å². The molecule has 0 unspecified atom stereocenters. The van der Waals surface area contributed by atoms with Gasteiger partial charge in [0, 0.05) is 13.1 Å². The van der Waals surface area contributed by atoms with Gasteiger partial charge in [-0.3, -0.25) is 14.0 Å². The zero-order chi connectivity index (χ0) is 26.0. The van der Waals surface area contributed by atoms with Gasteiger partial charge in [-0.2, -0.15) is 4.98 Å². The lowest BCUT2D eigenvalue weighted by Gasteiger charge is -2.11. The van der Waals surface area contributed by atoms with E-state index >= 15 is 0 Å². The number of nitrogens with zero attached hydrogens (tertiary/aromatic N) is 3. The number of aryl methyl sites for hydroxylation is 2. The number of benzene rings is 2. The Labute approximate surface area is 204 Å². The first-order chi connectivity index (χ1) is 17.1. The fraction of sp³-hybridized carbons (Fsp3) is 0.160. The van der Waals surface area contributed by atoms with Crippen LogP contribution >= 0.6 is 0 Å². The fourth-order valence-electron chi connectivity index (χ4n) is 3.68. The van der Waals surface area contributed by atoms with Crippen molar-refractivity contribution in [3.63, 3.8) is 0 Å². The predicted molar refractivity (Wildman–Crippen MR) is 126 cm³/mol. The normalized spacial score (nSPS) is 10.9. The third-order valence-corrected chi connectivity index (χ3v) is 5.54. The molecule has 4 N–H and O–H groups in total. The van der Waals surface area contributed by atoms with Gasteiger partial charge in [0.2, 0.25) is 11.7 Å². The van der Waals surface area contributed by atoms with Crippen LogP contribution in [-0.2, 0) is 13.1 Å². The molecule has 4 aromatic rings. The van der Waals surface area contributed by atoms with Crippen LogP contribution in [0, 0.1) is 19.7 Å². The highest BCUT2D eigenvalue weighted by Crippen LogP contribution is 2.15. The van der Waals surface area contributed by atoms with E-state index in [2.05, 4.69) is 20.6 Å². The first-order valence-electron chi connectivity index (χ1n) is 10.9. The highest BCUT2D eigenvalue weighted by atomic mass is 19.1. The first-order valence-corrected chi connectivity index (χ1v) is 10.9. The standard InChI is InChI=1S/C25H22FN5O5/c1-13-7-15(3-5-17(13)24(35)36)10-27-22(33)19-9-20(31-12-21(32)30-25(31)29-19)23(34)28-11-16-4-6-18(26)14(2)8-16/h3-9,12,32H,10-11H2,1-2H3,(H,27,33)(H,28,34)(H,35,36). The molecular weight excluding hydrogens is 469 g/mol. The number of hydrogen-bond donors (Lipinski definition) is 4. The highest BCUT2D eigenvalue weighted by molar-refractivity contribution is 5.98. The third-order valence-electron chi connectivity index (χ3n) is 5.54. The molecule has 0 aliphatic carbocycles. The first kappa shape index (κ1) is 24.3. The molecule has 0 aliphatic rings. The maximum atomic E-state index is 13.5. The summed E-state index contributed by atoms with van der Waals surface area (Å²) in [4.78, 5) is 44.9. The number of aromatic nitrogens is 3. The second-order valence-electron chi connectivity index (χ2n) is 8.20. The number of halogens is 1. The van der Waals surface area contributed by atoms with E-state index in [0.717, 1.165) is 0 Å². The number of fused-ring (bicyclic) bond motifs is 1. The van der Waals surface area contributed by atoms with Crippen molar-refractivity contribution in [2.75, 3.05) is 0 Å². The highest BCUT2D eigenvalue weighted by Gasteiger charge is 2.19. The minimum Gasteiger partial charge on any atom is -0.492 e. The lowest BCUT2D eigenvalue weighted by Crippen LogP contribution is -2.28. The van der Waals surface area contributed by atoms with Crippen molar-refractivity contribution in [2.24, 2.45) is 0 Å². The van der Waals surface area contributed by atoms with E-state index in [1.165, 1.54) is 28.8 Å². The Morgan fingerprint density at radius 3 is 2.19 bits per heavy atom. The Morgan fingerprint density at radius 2 is 1.56 bits per heavy atom. The van der Waals surface area contributed by atoms with Gasteiger partial charge >= 0.3 is 5.97 Å². The lowest BCUT2D eigenvalue weighted by atomic mass is 10.1. The van der Waals surface area contributed by atoms with Crippen molar-refractivity contribution in [1.82, 2.24) is 25.0 Å². The summed E-state index contributed by atoms with van der Waals surface area (Å²) in [7, 11) is 0. The molecule has 2 aromatic carbocycles. The number of amides is 2. The Balaban J connectivity index is 1.54. The monoisotopic (exact) mass is 491 g/mol. The van der Waals surface area contributed by atoms with Crippen LogP contribution in [0.4, 0.5) is 4.39 Å². The van der Waals surface area contributed by atoms with E-state index in [0.29, 0.717) is 22.3 Å². The number of imidazole rings is 1. The van der Waals surface area contributed by atoms with E-state index in [4.69, 9.17) is 5.11 Å². The Bertz CT molecular complexity index is 1510. The van der Waals surface area contributed by atoms with Crippen molar-refractivity contribution in [1.29, 1.82) is 0 Å². The minimum absolute atomic E-state index is 0.0124. The van der Waals surface area contributed by atoms with Crippen molar-refractivity contribution in [2.45, 2.75) is 26.9 Å². The van der Waals surface area contributed by atoms with Crippen LogP contribution in [0.1, 0.15) is 53.6 Å². The summed E-state index contributed by atoms with van der Waals surface area (Å²) in [5.41, 5.74) is 2.44. The van der Waals surface area contributed by atoms with E-state index in [1.807, 2.05) is 0 Å². The molecule has 2 aromatic heterocycles. The average Bonchev–Trinajstić information content (AvgIpc) is 3.22. The molecule has 0 atom stereocenters. The van der Waals surface area contributed by atoms with E-state index in [9.17, 15) is 23.9 Å². The molecule has 0 radical (unpaired) electrons. The average molecular weight is 491 g/mol. The number of carbonyl (C=O) groups is 3. The number of aromatic hydroxyl groups is 1. The lowest BCUT2D eigenvalue weighted by molar-refractivity contribution is 0.0695. The number of carboxylic acids is 1. The summed E-state index contributed by atoms with van der Waals surface area (Å²) >= 11 is 0. The van der Waals surface area contributed by atoms with Gasteiger partial charge in [-0.1, -0.05) is 24.3 Å². The van der Waals surface area contributed by atoms with Crippen molar-refractivity contribution in [3.05, 3.63) is 93.7 Å². The number of carboxylic acid groups (broad SMARTS) is 1. The van der Waals surface area contributed by atoms with E-state index in [1.54, 1.807) is 38.1 Å². The van der Waals surface area contributed by atoms with Crippen LogP contribution in [-0.4, -0.2) is 42.4 Å². The molecule has 11 heteroatoms. The van der Waals surface area contributed by atoms with Crippen LogP contribution in [0.5, 0.6) is 5.88 Å². The van der Waals surface area contributed by atoms with Crippen LogP contribution in [0.2, 0.25) is 0 Å². The molecule has 10 nitrogen and oxygen atoms in total. The van der Waals surface area contributed by atoms with Crippen molar-refractivity contribution < 1.29 is 29.0 Å². The van der Waals surface area contributed by atoms with Gasteiger partial charge in [-0.05, 0) is 54.3 Å². The Morgan fingerprint density at radius 1 is 0.917 bits per heavy atom. The Hall–Kier alpha value is -4.80. The van der Waals surface area contributed by atoms with Gasteiger partial charge in [-0.15, -0.1) is 0 Å². The van der Waals surface area contributed by atoms with Gasteiger partial charge < -0.3 is 20.8 Å². The van der Waals surface area contributed by atoms with Crippen molar-refractivity contribution >= 4 is 23.6 Å². The van der Waals surface area contributed by atoms with Gasteiger partial charge in [0.25, 0.3) is 11.8 Å². The van der Waals surface area contributed by atoms with Gasteiger partial charge in [0.1, 0.15) is 17.2 Å². The summed E-state index contributed by atoms with van der Waals surface area (Å²) in [5, 5.41) is 24.4. The second-order valence-corrected chi connectivity index (χ2v) is 8.20. The number of nitrogens with one attached hydrogen (secondary N) is 2. The van der Waals surface area contributed by atoms with Crippen molar-refractivity contribution in [3.8, 4) is 5.88 Å². The molecule has 2 heterocycles. The topological polar surface area (TPSA) is 146 Å². The molecule has 0 bridgehead atoms. The molecule has 0 saturated carbocycles. The Kier molecular flexibility index (Phi) is 6.64. The predicted octanol–water partition coefficient (Wildman–Crippen LogP) is 2.75. The summed E-state index contributed by atoms with van der Waals surface area (Å²) in [6, 6.07) is 10.5. The zero-order valence-electron chi connectivity index (χ0n) is 19.4. The quantitative estimate of drug-likeness (QED) is 0.311. The minimum atomic E-state index is -1.04.